The summed E-state index contributed by atoms with van der Waals surface area (Å²) >= 11 is 0. The Bertz CT molecular complexity index is 2790. The van der Waals surface area contributed by atoms with E-state index in [9.17, 15) is 19.2 Å². The van der Waals surface area contributed by atoms with Crippen molar-refractivity contribution in [2.75, 3.05) is 34.5 Å². The average Bonchev–Trinajstić information content (AvgIpc) is 4.15. The van der Waals surface area contributed by atoms with E-state index >= 15 is 0 Å². The molecule has 0 radical (unpaired) electrons. The molecule has 2 saturated heterocycles. The summed E-state index contributed by atoms with van der Waals surface area (Å²) in [7, 11) is 4.22. The number of H-pyrrole nitrogens is 2. The van der Waals surface area contributed by atoms with Crippen LogP contribution in [0.25, 0.3) is 44.2 Å². The zero-order valence-corrected chi connectivity index (χ0v) is 37.3. The maximum atomic E-state index is 14.3. The van der Waals surface area contributed by atoms with Gasteiger partial charge in [0.15, 0.2) is 0 Å². The predicted octanol–water partition coefficient (Wildman–Crippen LogP) is 8.47. The van der Waals surface area contributed by atoms with Gasteiger partial charge in [0.25, 0.3) is 5.91 Å². The van der Waals surface area contributed by atoms with Crippen molar-refractivity contribution < 1.29 is 42.4 Å². The fourth-order valence-electron chi connectivity index (χ4n) is 9.83. The molecule has 9 rings (SSSR count). The molecule has 16 heteroatoms. The second-order valence-electron chi connectivity index (χ2n) is 17.6. The van der Waals surface area contributed by atoms with Crippen LogP contribution in [0.2, 0.25) is 0 Å². The number of aromatic nitrogens is 4. The topological polar surface area (TPSA) is 193 Å². The number of hydrogen-bond donors (Lipinski definition) is 4. The summed E-state index contributed by atoms with van der Waals surface area (Å²) in [5.41, 5.74) is 7.09. The zero-order chi connectivity index (χ0) is 45.5. The van der Waals surface area contributed by atoms with Gasteiger partial charge in [0.05, 0.1) is 55.8 Å². The fraction of sp³-hybridized carbons (Fsp3) is 0.388. The molecule has 65 heavy (non-hydrogen) atoms. The van der Waals surface area contributed by atoms with Gasteiger partial charge in [0.1, 0.15) is 36.1 Å². The molecule has 4 amide bonds. The van der Waals surface area contributed by atoms with Crippen LogP contribution >= 0.6 is 0 Å². The molecule has 5 heterocycles. The highest BCUT2D eigenvalue weighted by Gasteiger charge is 2.43. The van der Waals surface area contributed by atoms with Crippen molar-refractivity contribution in [1.82, 2.24) is 40.4 Å². The van der Waals surface area contributed by atoms with Crippen molar-refractivity contribution in [3.63, 3.8) is 0 Å². The summed E-state index contributed by atoms with van der Waals surface area (Å²) in [6.45, 7) is 7.11. The Labute approximate surface area is 380 Å². The van der Waals surface area contributed by atoms with Gasteiger partial charge in [0.2, 0.25) is 5.91 Å². The number of carbonyl (C=O) groups is 4. The summed E-state index contributed by atoms with van der Waals surface area (Å²) in [6, 6.07) is 21.3. The van der Waals surface area contributed by atoms with Gasteiger partial charge in [-0.05, 0) is 84.0 Å². The number of nitrogens with zero attached hydrogens (tertiary/aromatic N) is 4. The van der Waals surface area contributed by atoms with E-state index in [0.717, 1.165) is 68.3 Å². The Morgan fingerprint density at radius 3 is 2.42 bits per heavy atom. The molecule has 4 aromatic carbocycles. The SMILES string of the molecule is COC[C@H]1CC(c2ncc(-c3ccc4c(c3)COc3cc5c(ccc6[nH]c([C@@H]7CC[C@H](C)N7C(=O)[C@@H](NC(=O)OC)C(C)C)nc65)cc3-4)[nH]2)N(C(=O)[C@H](NC(=O)OC)c2ccccc2)C1.[HH].[HH].[HH]. The molecule has 0 aliphatic carbocycles. The van der Waals surface area contributed by atoms with Crippen LogP contribution in [0, 0.1) is 11.8 Å². The van der Waals surface area contributed by atoms with Crippen LogP contribution in [0.3, 0.4) is 0 Å². The lowest BCUT2D eigenvalue weighted by molar-refractivity contribution is -0.137. The maximum absolute atomic E-state index is 14.3. The average molecular weight is 889 g/mol. The quantitative estimate of drug-likeness (QED) is 0.0981. The number of alkyl carbamates (subject to hydrolysis) is 2. The van der Waals surface area contributed by atoms with Crippen molar-refractivity contribution in [2.24, 2.45) is 11.8 Å². The van der Waals surface area contributed by atoms with E-state index in [1.807, 2.05) is 62.1 Å². The lowest BCUT2D eigenvalue weighted by Crippen LogP contribution is -2.52. The zero-order valence-electron chi connectivity index (χ0n) is 37.3. The molecule has 6 aromatic rings. The Hall–Kier alpha value is -6.94. The first-order valence-corrected chi connectivity index (χ1v) is 22.1. The molecule has 2 aromatic heterocycles. The third-order valence-corrected chi connectivity index (χ3v) is 13.1. The first kappa shape index (κ1) is 43.3. The van der Waals surface area contributed by atoms with Crippen LogP contribution in [0.15, 0.2) is 79.0 Å². The third kappa shape index (κ3) is 8.22. The molecule has 6 atom stereocenters. The van der Waals surface area contributed by atoms with E-state index in [4.69, 9.17) is 28.9 Å². The van der Waals surface area contributed by atoms with Crippen LogP contribution in [-0.4, -0.2) is 100 Å². The summed E-state index contributed by atoms with van der Waals surface area (Å²) in [5.74, 6) is 1.61. The maximum Gasteiger partial charge on any atom is 0.407 e. The molecule has 0 bridgehead atoms. The Morgan fingerprint density at radius 2 is 1.66 bits per heavy atom. The molecule has 3 aliphatic rings. The first-order valence-electron chi connectivity index (χ1n) is 22.1. The minimum Gasteiger partial charge on any atom is -0.488 e. The van der Waals surface area contributed by atoms with Crippen molar-refractivity contribution in [3.05, 3.63) is 102 Å². The van der Waals surface area contributed by atoms with Crippen LogP contribution in [0.5, 0.6) is 5.75 Å². The molecule has 4 N–H and O–H groups in total. The number of amides is 4. The third-order valence-electron chi connectivity index (χ3n) is 13.1. The van der Waals surface area contributed by atoms with Gasteiger partial charge in [-0.3, -0.25) is 9.59 Å². The van der Waals surface area contributed by atoms with E-state index < -0.39 is 24.3 Å². The molecular weight excluding hydrogens is 829 g/mol. The minimum atomic E-state index is -0.948. The summed E-state index contributed by atoms with van der Waals surface area (Å²) < 4.78 is 21.7. The van der Waals surface area contributed by atoms with Gasteiger partial charge >= 0.3 is 12.2 Å². The number of fused-ring (bicyclic) bond motifs is 6. The molecule has 0 spiro atoms. The predicted molar refractivity (Wildman–Crippen MR) is 249 cm³/mol. The van der Waals surface area contributed by atoms with Crippen molar-refractivity contribution in [2.45, 2.75) is 76.8 Å². The monoisotopic (exact) mass is 888 g/mol. The highest BCUT2D eigenvalue weighted by atomic mass is 16.5. The smallest absolute Gasteiger partial charge is 0.407 e. The standard InChI is InChI=1S/C49H54N8O8.3H2/c1-26(2)41(54-48(60)63-5)47(59)57-27(3)12-17-38(57)45-51-36-16-14-30-20-35-33-15-13-31(19-32(33)25-65-40(35)21-34(30)43(36)53-45)37-22-50-44(52-37)39-18-28(24-62-4)23-56(39)46(58)42(55-49(61)64-6)29-10-8-7-9-11-29;;;/h7-11,13-16,19-22,26-28,38-39,41-42H,12,17-18,23-25H2,1-6H3,(H,50,52)(H,51,53)(H,54,60)(H,55,61);3*1H/t27-,28-,38-,39?,41-,42+;;;/m0.../s1. The van der Waals surface area contributed by atoms with Gasteiger partial charge in [0, 0.05) is 40.8 Å². The Kier molecular flexibility index (Phi) is 11.9. The Balaban J connectivity index is 0.00000254. The number of methoxy groups -OCH3 is 3. The molecule has 0 saturated carbocycles. The first-order chi connectivity index (χ1) is 31.5. The number of aromatic amines is 2. The molecule has 16 nitrogen and oxygen atoms in total. The second-order valence-corrected chi connectivity index (χ2v) is 17.6. The number of hydrogen-bond acceptors (Lipinski definition) is 10. The number of rotatable bonds is 11. The van der Waals surface area contributed by atoms with E-state index in [1.54, 1.807) is 18.2 Å². The van der Waals surface area contributed by atoms with Crippen LogP contribution in [-0.2, 0) is 30.4 Å². The van der Waals surface area contributed by atoms with Crippen LogP contribution in [0.1, 0.15) is 85.2 Å². The van der Waals surface area contributed by atoms with E-state index in [1.165, 1.54) is 14.2 Å². The number of imidazole rings is 2. The normalized spacial score (nSPS) is 20.0. The van der Waals surface area contributed by atoms with Crippen LogP contribution in [0.4, 0.5) is 9.59 Å². The lowest BCUT2D eigenvalue weighted by Gasteiger charge is -2.32. The van der Waals surface area contributed by atoms with Gasteiger partial charge in [-0.15, -0.1) is 0 Å². The van der Waals surface area contributed by atoms with Crippen molar-refractivity contribution >= 4 is 45.8 Å². The minimum absolute atomic E-state index is 0. The summed E-state index contributed by atoms with van der Waals surface area (Å²) in [5, 5.41) is 7.42. The van der Waals surface area contributed by atoms with Crippen molar-refractivity contribution in [3.8, 4) is 28.1 Å². The van der Waals surface area contributed by atoms with E-state index in [2.05, 4.69) is 57.0 Å². The Morgan fingerprint density at radius 1 is 0.877 bits per heavy atom. The van der Waals surface area contributed by atoms with Gasteiger partial charge in [-0.2, -0.15) is 0 Å². The summed E-state index contributed by atoms with van der Waals surface area (Å²) in [4.78, 5) is 73.5. The molecular formula is C49H60N8O8. The molecule has 2 fully saturated rings. The van der Waals surface area contributed by atoms with Crippen molar-refractivity contribution in [1.29, 1.82) is 0 Å². The molecule has 344 valence electrons. The largest absolute Gasteiger partial charge is 0.488 e. The number of benzene rings is 4. The lowest BCUT2D eigenvalue weighted by atomic mass is 9.92. The highest BCUT2D eigenvalue weighted by Crippen LogP contribution is 2.44. The number of likely N-dealkylation sites (tertiary alicyclic amines) is 2. The highest BCUT2D eigenvalue weighted by molar-refractivity contribution is 6.07. The van der Waals surface area contributed by atoms with Gasteiger partial charge in [-0.1, -0.05) is 62.4 Å². The summed E-state index contributed by atoms with van der Waals surface area (Å²) in [6.07, 6.45) is 2.64. The number of carbonyl (C=O) groups excluding carboxylic acids is 4. The molecule has 3 aliphatic heterocycles. The van der Waals surface area contributed by atoms with Gasteiger partial charge < -0.3 is 49.3 Å². The van der Waals surface area contributed by atoms with E-state index in [-0.39, 0.29) is 46.1 Å². The fourth-order valence-corrected chi connectivity index (χ4v) is 9.83. The number of nitrogens with one attached hydrogen (secondary N) is 4. The number of ether oxygens (including phenoxy) is 4. The molecule has 1 unspecified atom stereocenters. The van der Waals surface area contributed by atoms with E-state index in [0.29, 0.717) is 43.4 Å². The van der Waals surface area contributed by atoms with Crippen LogP contribution < -0.4 is 15.4 Å². The van der Waals surface area contributed by atoms with Gasteiger partial charge in [-0.25, -0.2) is 19.6 Å². The second kappa shape index (κ2) is 17.9.